The van der Waals surface area contributed by atoms with Crippen LogP contribution in [0.15, 0.2) is 291 Å². The molecule has 0 radical (unpaired) electrons. The van der Waals surface area contributed by atoms with Crippen LogP contribution in [0.1, 0.15) is 0 Å². The van der Waals surface area contributed by atoms with Crippen LogP contribution in [0.3, 0.4) is 0 Å². The van der Waals surface area contributed by atoms with Gasteiger partial charge >= 0.3 is 0 Å². The molecule has 2 heteroatoms. The third-order valence-corrected chi connectivity index (χ3v) is 16.5. The first-order valence-electron chi connectivity index (χ1n) is 27.0. The van der Waals surface area contributed by atoms with Gasteiger partial charge in [-0.2, -0.15) is 0 Å². The summed E-state index contributed by atoms with van der Waals surface area (Å²) in [5.74, 6) is 0. The zero-order chi connectivity index (χ0) is 51.3. The monoisotopic (exact) mass is 988 g/mol. The predicted octanol–water partition coefficient (Wildman–Crippen LogP) is 21.8. The Morgan fingerprint density at radius 3 is 0.795 bits per heavy atom. The zero-order valence-electron chi connectivity index (χ0n) is 42.6. The maximum Gasteiger partial charge on any atom is 0.0547 e. The van der Waals surface area contributed by atoms with Gasteiger partial charge in [-0.05, 0) is 125 Å². The van der Waals surface area contributed by atoms with Crippen LogP contribution in [0.2, 0.25) is 0 Å². The molecule has 0 heterocycles. The molecule has 0 N–H and O–H groups in total. The maximum absolute atomic E-state index is 2.56. The van der Waals surface area contributed by atoms with Gasteiger partial charge in [0.1, 0.15) is 0 Å². The van der Waals surface area contributed by atoms with Crippen LogP contribution in [-0.4, -0.2) is 0 Å². The SMILES string of the molecule is c1ccc2cc(-c3cc(N(c4cccc5ccccc45)c4cccc5ccccc45)c4ccc5c(-c6ccc7ccccc7c6)cc(N(c6cccc7ccccc67)c6cccc7ccccc67)c6ccc3c4c56)ccc2c1. The highest BCUT2D eigenvalue weighted by molar-refractivity contribution is 6.33. The molecule has 0 aromatic heterocycles. The van der Waals surface area contributed by atoms with Crippen LogP contribution in [0.4, 0.5) is 34.1 Å². The third-order valence-electron chi connectivity index (χ3n) is 16.5. The molecular weight excluding hydrogens is 941 g/mol. The predicted molar refractivity (Wildman–Crippen MR) is 335 cm³/mol. The second-order valence-corrected chi connectivity index (χ2v) is 20.7. The maximum atomic E-state index is 2.56. The Hall–Kier alpha value is -10.3. The van der Waals surface area contributed by atoms with Gasteiger partial charge in [0.15, 0.2) is 0 Å². The Morgan fingerprint density at radius 2 is 0.449 bits per heavy atom. The topological polar surface area (TPSA) is 6.48 Å². The lowest BCUT2D eigenvalue weighted by Gasteiger charge is -2.32. The molecular formula is C76H48N2. The van der Waals surface area contributed by atoms with E-state index in [1.807, 2.05) is 0 Å². The fraction of sp³-hybridized carbons (Fsp3) is 0. The lowest BCUT2D eigenvalue weighted by atomic mass is 9.84. The van der Waals surface area contributed by atoms with E-state index in [1.54, 1.807) is 0 Å². The summed E-state index contributed by atoms with van der Waals surface area (Å²) in [6.45, 7) is 0. The normalized spacial score (nSPS) is 11.8. The fourth-order valence-electron chi connectivity index (χ4n) is 12.9. The molecule has 0 unspecified atom stereocenters. The highest BCUT2D eigenvalue weighted by Gasteiger charge is 2.28. The quantitative estimate of drug-likeness (QED) is 0.140. The van der Waals surface area contributed by atoms with Gasteiger partial charge in [0, 0.05) is 43.1 Å². The zero-order valence-corrected chi connectivity index (χ0v) is 42.6. The van der Waals surface area contributed by atoms with Crippen molar-refractivity contribution in [3.63, 3.8) is 0 Å². The lowest BCUT2D eigenvalue weighted by Crippen LogP contribution is -2.13. The van der Waals surface area contributed by atoms with Gasteiger partial charge in [-0.3, -0.25) is 0 Å². The molecule has 0 spiro atoms. The smallest absolute Gasteiger partial charge is 0.0547 e. The highest BCUT2D eigenvalue weighted by atomic mass is 15.2. The minimum Gasteiger partial charge on any atom is -0.309 e. The first kappa shape index (κ1) is 44.1. The van der Waals surface area contributed by atoms with E-state index in [4.69, 9.17) is 0 Å². The summed E-state index contributed by atoms with van der Waals surface area (Å²) in [5.41, 5.74) is 11.4. The summed E-state index contributed by atoms with van der Waals surface area (Å²) in [7, 11) is 0. The Morgan fingerprint density at radius 1 is 0.167 bits per heavy atom. The number of hydrogen-bond acceptors (Lipinski definition) is 2. The molecule has 0 aliphatic heterocycles. The van der Waals surface area contributed by atoms with Crippen LogP contribution >= 0.6 is 0 Å². The van der Waals surface area contributed by atoms with Gasteiger partial charge in [-0.1, -0.05) is 243 Å². The minimum atomic E-state index is 1.12. The van der Waals surface area contributed by atoms with E-state index in [-0.39, 0.29) is 0 Å². The summed E-state index contributed by atoms with van der Waals surface area (Å²) < 4.78 is 0. The molecule has 16 rings (SSSR count). The summed E-state index contributed by atoms with van der Waals surface area (Å²) in [6, 6.07) is 108. The van der Waals surface area contributed by atoms with Gasteiger partial charge < -0.3 is 9.80 Å². The van der Waals surface area contributed by atoms with Crippen LogP contribution < -0.4 is 9.80 Å². The molecule has 16 aromatic rings. The van der Waals surface area contributed by atoms with Gasteiger partial charge in [0.25, 0.3) is 0 Å². The molecule has 0 aliphatic carbocycles. The number of nitrogens with zero attached hydrogens (tertiary/aromatic N) is 2. The molecule has 16 aromatic carbocycles. The van der Waals surface area contributed by atoms with E-state index < -0.39 is 0 Å². The summed E-state index contributed by atoms with van der Waals surface area (Å²) in [5, 5.41) is 21.6. The molecule has 0 saturated heterocycles. The number of anilines is 6. The van der Waals surface area contributed by atoms with Crippen molar-refractivity contribution in [2.24, 2.45) is 0 Å². The van der Waals surface area contributed by atoms with Crippen molar-refractivity contribution in [3.8, 4) is 22.3 Å². The number of fused-ring (bicyclic) bond motifs is 6. The van der Waals surface area contributed by atoms with E-state index in [2.05, 4.69) is 301 Å². The van der Waals surface area contributed by atoms with Crippen molar-refractivity contribution in [3.05, 3.63) is 291 Å². The second kappa shape index (κ2) is 17.7. The largest absolute Gasteiger partial charge is 0.309 e. The highest BCUT2D eigenvalue weighted by Crippen LogP contribution is 2.54. The minimum absolute atomic E-state index is 1.12. The molecule has 0 atom stereocenters. The first-order chi connectivity index (χ1) is 38.7. The molecule has 2 nitrogen and oxygen atoms in total. The Labute approximate surface area is 451 Å². The van der Waals surface area contributed by atoms with Crippen LogP contribution in [0.5, 0.6) is 0 Å². The Bertz CT molecular complexity index is 4570. The van der Waals surface area contributed by atoms with Gasteiger partial charge in [-0.15, -0.1) is 0 Å². The molecule has 78 heavy (non-hydrogen) atoms. The van der Waals surface area contributed by atoms with Crippen LogP contribution in [0, 0.1) is 0 Å². The molecule has 362 valence electrons. The van der Waals surface area contributed by atoms with Gasteiger partial charge in [0.2, 0.25) is 0 Å². The second-order valence-electron chi connectivity index (χ2n) is 20.7. The number of rotatable bonds is 8. The standard InChI is InChI=1S/C76H48N2/c1-3-23-55-45-57(39-37-49(55)17-1)67-47-73(77(69-33-13-25-51-19-5-9-29-59(51)69)70-34-14-26-52-20-6-10-30-60(52)70)65-44-42-64-68(58-40-38-50-18-2-4-24-56(50)46-58)48-74(66-43-41-63(67)75(65)76(64)66)78(71-35-15-27-53-21-7-11-31-61(53)71)72-36-16-28-54-22-8-12-32-62(54)72/h1-48H. The van der Waals surface area contributed by atoms with Crippen molar-refractivity contribution in [1.29, 1.82) is 0 Å². The van der Waals surface area contributed by atoms with Crippen LogP contribution in [-0.2, 0) is 0 Å². The first-order valence-corrected chi connectivity index (χ1v) is 27.0. The van der Waals surface area contributed by atoms with E-state index in [0.717, 1.165) is 34.1 Å². The molecule has 0 bridgehead atoms. The van der Waals surface area contributed by atoms with E-state index >= 15 is 0 Å². The van der Waals surface area contributed by atoms with E-state index in [0.29, 0.717) is 0 Å². The van der Waals surface area contributed by atoms with Crippen molar-refractivity contribution in [1.82, 2.24) is 0 Å². The molecule has 0 saturated carbocycles. The van der Waals surface area contributed by atoms with E-state index in [1.165, 1.54) is 119 Å². The molecule has 0 amide bonds. The molecule has 0 fully saturated rings. The van der Waals surface area contributed by atoms with Crippen molar-refractivity contribution < 1.29 is 0 Å². The van der Waals surface area contributed by atoms with Crippen molar-refractivity contribution >= 4 is 131 Å². The van der Waals surface area contributed by atoms with Crippen molar-refractivity contribution in [2.45, 2.75) is 0 Å². The van der Waals surface area contributed by atoms with Gasteiger partial charge in [-0.25, -0.2) is 0 Å². The Kier molecular flexibility index (Phi) is 9.98. The lowest BCUT2D eigenvalue weighted by molar-refractivity contribution is 1.33. The Balaban J connectivity index is 1.10. The third kappa shape index (κ3) is 6.90. The van der Waals surface area contributed by atoms with Gasteiger partial charge in [0.05, 0.1) is 34.1 Å². The number of benzene rings is 16. The summed E-state index contributed by atoms with van der Waals surface area (Å²) in [6.07, 6.45) is 0. The van der Waals surface area contributed by atoms with Crippen molar-refractivity contribution in [2.75, 3.05) is 9.80 Å². The summed E-state index contributed by atoms with van der Waals surface area (Å²) >= 11 is 0. The summed E-state index contributed by atoms with van der Waals surface area (Å²) in [4.78, 5) is 5.12. The van der Waals surface area contributed by atoms with Crippen LogP contribution in [0.25, 0.3) is 119 Å². The van der Waals surface area contributed by atoms with E-state index in [9.17, 15) is 0 Å². The number of hydrogen-bond donors (Lipinski definition) is 0. The molecule has 0 aliphatic rings. The average molecular weight is 989 g/mol. The fourth-order valence-corrected chi connectivity index (χ4v) is 12.9. The average Bonchev–Trinajstić information content (AvgIpc) is 3.68.